The highest BCUT2D eigenvalue weighted by Gasteiger charge is 2.27. The molecule has 3 aromatic rings. The van der Waals surface area contributed by atoms with Crippen molar-refractivity contribution in [2.75, 3.05) is 5.32 Å². The van der Waals surface area contributed by atoms with Crippen LogP contribution in [0.1, 0.15) is 26.1 Å². The molecule has 5 heteroatoms. The van der Waals surface area contributed by atoms with Crippen LogP contribution in [0.2, 0.25) is 0 Å². The second-order valence-electron chi connectivity index (χ2n) is 7.16. The molecule has 24 heavy (non-hydrogen) atoms. The van der Waals surface area contributed by atoms with E-state index in [-0.39, 0.29) is 11.0 Å². The largest absolute Gasteiger partial charge is 0.340 e. The number of fused-ring (bicyclic) bond motifs is 2. The molecule has 0 saturated heterocycles. The Bertz CT molecular complexity index is 960. The van der Waals surface area contributed by atoms with Gasteiger partial charge in [0.05, 0.1) is 10.9 Å². The third-order valence-corrected chi connectivity index (χ3v) is 4.58. The summed E-state index contributed by atoms with van der Waals surface area (Å²) in [4.78, 5) is 21.8. The van der Waals surface area contributed by atoms with E-state index in [1.165, 1.54) is 0 Å². The highest BCUT2D eigenvalue weighted by molar-refractivity contribution is 5.82. The molecule has 0 saturated carbocycles. The van der Waals surface area contributed by atoms with Crippen molar-refractivity contribution >= 4 is 22.4 Å². The van der Waals surface area contributed by atoms with E-state index in [1.54, 1.807) is 6.20 Å². The lowest BCUT2D eigenvalue weighted by Crippen LogP contribution is -2.36. The van der Waals surface area contributed by atoms with Gasteiger partial charge in [0.2, 0.25) is 0 Å². The van der Waals surface area contributed by atoms with Crippen LogP contribution in [-0.2, 0) is 13.0 Å². The number of rotatable bonds is 2. The van der Waals surface area contributed by atoms with E-state index in [1.807, 2.05) is 41.0 Å². The maximum absolute atomic E-state index is 12.8. The van der Waals surface area contributed by atoms with Crippen LogP contribution in [0.4, 0.5) is 11.5 Å². The van der Waals surface area contributed by atoms with Gasteiger partial charge in [0, 0.05) is 24.8 Å². The van der Waals surface area contributed by atoms with Crippen molar-refractivity contribution in [2.45, 2.75) is 33.2 Å². The van der Waals surface area contributed by atoms with Gasteiger partial charge in [-0.15, -0.1) is 0 Å². The molecular formula is C19H20N4O. The van der Waals surface area contributed by atoms with Gasteiger partial charge in [0.1, 0.15) is 11.6 Å². The maximum Gasteiger partial charge on any atom is 0.261 e. The van der Waals surface area contributed by atoms with Crippen LogP contribution in [-0.4, -0.2) is 14.5 Å². The zero-order valence-corrected chi connectivity index (χ0v) is 13.9. The number of aryl methyl sites for hydroxylation is 1. The van der Waals surface area contributed by atoms with Crippen molar-refractivity contribution < 1.29 is 0 Å². The van der Waals surface area contributed by atoms with Crippen LogP contribution in [0.5, 0.6) is 0 Å². The first-order valence-corrected chi connectivity index (χ1v) is 8.23. The van der Waals surface area contributed by atoms with Crippen molar-refractivity contribution in [1.82, 2.24) is 14.5 Å². The number of aromatic nitrogens is 3. The van der Waals surface area contributed by atoms with E-state index in [0.29, 0.717) is 5.39 Å². The van der Waals surface area contributed by atoms with Crippen LogP contribution in [0.25, 0.3) is 10.9 Å². The molecule has 0 radical (unpaired) electrons. The molecule has 2 aromatic heterocycles. The number of benzene rings is 1. The van der Waals surface area contributed by atoms with E-state index in [2.05, 4.69) is 24.1 Å². The van der Waals surface area contributed by atoms with Crippen LogP contribution in [0.3, 0.4) is 0 Å². The fourth-order valence-corrected chi connectivity index (χ4v) is 3.24. The fourth-order valence-electron chi connectivity index (χ4n) is 3.24. The minimum Gasteiger partial charge on any atom is -0.340 e. The second kappa shape index (κ2) is 5.44. The number of hydrogen-bond donors (Lipinski definition) is 1. The Hall–Kier alpha value is -2.69. The first kappa shape index (κ1) is 14.9. The highest BCUT2D eigenvalue weighted by atomic mass is 16.1. The summed E-state index contributed by atoms with van der Waals surface area (Å²) in [5.41, 5.74) is 1.83. The predicted octanol–water partition coefficient (Wildman–Crippen LogP) is 3.51. The topological polar surface area (TPSA) is 59.8 Å². The Morgan fingerprint density at radius 2 is 2.08 bits per heavy atom. The summed E-state index contributed by atoms with van der Waals surface area (Å²) in [6.45, 7) is 5.14. The van der Waals surface area contributed by atoms with Crippen molar-refractivity contribution in [2.24, 2.45) is 5.41 Å². The standard InChI is InChI=1S/C19H20N4O/c1-19(2)9-8-17-22-15-11-13(21-16-5-3-4-10-20-16)6-7-14(15)18(24)23(17)12-19/h3-7,10-11H,8-9,12H2,1-2H3,(H,20,21). The number of pyridine rings is 1. The minimum absolute atomic E-state index is 0.0622. The van der Waals surface area contributed by atoms with Crippen LogP contribution in [0, 0.1) is 5.41 Å². The minimum atomic E-state index is 0.0622. The van der Waals surface area contributed by atoms with Gasteiger partial charge in [-0.1, -0.05) is 19.9 Å². The van der Waals surface area contributed by atoms with Crippen molar-refractivity contribution in [3.05, 3.63) is 58.8 Å². The van der Waals surface area contributed by atoms with Gasteiger partial charge in [-0.25, -0.2) is 9.97 Å². The molecular weight excluding hydrogens is 300 g/mol. The molecule has 4 rings (SSSR count). The lowest BCUT2D eigenvalue weighted by molar-refractivity contribution is 0.240. The van der Waals surface area contributed by atoms with Crippen molar-refractivity contribution in [3.63, 3.8) is 0 Å². The average Bonchev–Trinajstić information content (AvgIpc) is 2.56. The van der Waals surface area contributed by atoms with Crippen LogP contribution < -0.4 is 10.9 Å². The Kier molecular flexibility index (Phi) is 3.37. The maximum atomic E-state index is 12.8. The molecule has 0 unspecified atom stereocenters. The van der Waals surface area contributed by atoms with Crippen LogP contribution >= 0.6 is 0 Å². The first-order chi connectivity index (χ1) is 11.5. The summed E-state index contributed by atoms with van der Waals surface area (Å²) in [5, 5.41) is 3.92. The van der Waals surface area contributed by atoms with Gasteiger partial charge in [-0.3, -0.25) is 9.36 Å². The number of hydrogen-bond acceptors (Lipinski definition) is 4. The third-order valence-electron chi connectivity index (χ3n) is 4.58. The predicted molar refractivity (Wildman–Crippen MR) is 95.6 cm³/mol. The van der Waals surface area contributed by atoms with Gasteiger partial charge in [0.15, 0.2) is 0 Å². The molecule has 1 aromatic carbocycles. The summed E-state index contributed by atoms with van der Waals surface area (Å²) >= 11 is 0. The molecule has 1 aliphatic rings. The fraction of sp³-hybridized carbons (Fsp3) is 0.316. The molecule has 0 fully saturated rings. The average molecular weight is 320 g/mol. The van der Waals surface area contributed by atoms with E-state index >= 15 is 0 Å². The summed E-state index contributed by atoms with van der Waals surface area (Å²) in [6.07, 6.45) is 3.64. The van der Waals surface area contributed by atoms with E-state index < -0.39 is 0 Å². The molecule has 0 spiro atoms. The summed E-state index contributed by atoms with van der Waals surface area (Å²) in [5.74, 6) is 1.66. The number of nitrogens with zero attached hydrogens (tertiary/aromatic N) is 3. The van der Waals surface area contributed by atoms with Gasteiger partial charge in [-0.05, 0) is 42.2 Å². The molecule has 0 atom stereocenters. The lowest BCUT2D eigenvalue weighted by atomic mass is 9.85. The lowest BCUT2D eigenvalue weighted by Gasteiger charge is -2.31. The summed E-state index contributed by atoms with van der Waals surface area (Å²) in [7, 11) is 0. The molecule has 1 N–H and O–H groups in total. The molecule has 5 nitrogen and oxygen atoms in total. The number of nitrogens with one attached hydrogen (secondary N) is 1. The Morgan fingerprint density at radius 1 is 1.21 bits per heavy atom. The first-order valence-electron chi connectivity index (χ1n) is 8.23. The molecule has 0 aliphatic carbocycles. The van der Waals surface area contributed by atoms with E-state index in [4.69, 9.17) is 4.98 Å². The normalized spacial score (nSPS) is 15.9. The smallest absolute Gasteiger partial charge is 0.261 e. The molecule has 122 valence electrons. The quantitative estimate of drug-likeness (QED) is 0.785. The van der Waals surface area contributed by atoms with Gasteiger partial charge < -0.3 is 5.32 Å². The second-order valence-corrected chi connectivity index (χ2v) is 7.16. The SMILES string of the molecule is CC1(C)CCc2nc3cc(Nc4ccccn4)ccc3c(=O)n2C1. The highest BCUT2D eigenvalue weighted by Crippen LogP contribution is 2.29. The Labute approximate surface area is 140 Å². The summed E-state index contributed by atoms with van der Waals surface area (Å²) < 4.78 is 1.84. The Morgan fingerprint density at radius 3 is 2.88 bits per heavy atom. The number of anilines is 2. The Balaban J connectivity index is 1.77. The monoisotopic (exact) mass is 320 g/mol. The van der Waals surface area contributed by atoms with Crippen molar-refractivity contribution in [3.8, 4) is 0 Å². The van der Waals surface area contributed by atoms with E-state index in [9.17, 15) is 4.79 Å². The van der Waals surface area contributed by atoms with Gasteiger partial charge in [0.25, 0.3) is 5.56 Å². The van der Waals surface area contributed by atoms with Crippen molar-refractivity contribution in [1.29, 1.82) is 0 Å². The zero-order valence-electron chi connectivity index (χ0n) is 13.9. The molecule has 0 bridgehead atoms. The van der Waals surface area contributed by atoms with Gasteiger partial charge >= 0.3 is 0 Å². The summed E-state index contributed by atoms with van der Waals surface area (Å²) in [6, 6.07) is 11.4. The van der Waals surface area contributed by atoms with E-state index in [0.717, 1.165) is 42.2 Å². The third kappa shape index (κ3) is 2.66. The molecule has 3 heterocycles. The van der Waals surface area contributed by atoms with Gasteiger partial charge in [-0.2, -0.15) is 0 Å². The molecule has 0 amide bonds. The van der Waals surface area contributed by atoms with Crippen LogP contribution in [0.15, 0.2) is 47.4 Å². The molecule has 1 aliphatic heterocycles. The zero-order chi connectivity index (χ0) is 16.7.